The van der Waals surface area contributed by atoms with Gasteiger partial charge in [-0.3, -0.25) is 9.59 Å². The standard InChI is InChI=1S/C18H18N2O4S/c1-9-15(10-5-3-2-4-6-10)25-18(19-9)20-16(21)13-11-7-8-12(24-11)14(13)17(22)23/h2-6,11-14H,7-8H2,1H3,(H,22,23)(H,19,20,21)/t11-,12-,13+,14-/m0/s1. The molecule has 25 heavy (non-hydrogen) atoms. The molecule has 0 unspecified atom stereocenters. The predicted molar refractivity (Wildman–Crippen MR) is 93.4 cm³/mol. The molecule has 1 amide bonds. The number of nitrogens with one attached hydrogen (secondary N) is 1. The van der Waals surface area contributed by atoms with Crippen LogP contribution in [0, 0.1) is 18.8 Å². The van der Waals surface area contributed by atoms with Gasteiger partial charge >= 0.3 is 5.97 Å². The number of benzene rings is 1. The van der Waals surface area contributed by atoms with Crippen LogP contribution in [-0.2, 0) is 14.3 Å². The van der Waals surface area contributed by atoms with Gasteiger partial charge in [0.05, 0.1) is 34.6 Å². The van der Waals surface area contributed by atoms with Crippen LogP contribution < -0.4 is 5.32 Å². The minimum atomic E-state index is -0.965. The number of aliphatic carboxylic acids is 1. The summed E-state index contributed by atoms with van der Waals surface area (Å²) in [6, 6.07) is 9.85. The fourth-order valence-electron chi connectivity index (χ4n) is 3.82. The number of fused-ring (bicyclic) bond motifs is 2. The van der Waals surface area contributed by atoms with E-state index in [1.807, 2.05) is 37.3 Å². The van der Waals surface area contributed by atoms with Gasteiger partial charge in [0.2, 0.25) is 5.91 Å². The molecule has 7 heteroatoms. The summed E-state index contributed by atoms with van der Waals surface area (Å²) in [6.07, 6.45) is 0.787. The van der Waals surface area contributed by atoms with Gasteiger partial charge in [0.25, 0.3) is 0 Å². The number of carbonyl (C=O) groups is 2. The number of carbonyl (C=O) groups excluding carboxylic acids is 1. The number of hydrogen-bond acceptors (Lipinski definition) is 5. The van der Waals surface area contributed by atoms with Gasteiger partial charge < -0.3 is 15.2 Å². The Kier molecular flexibility index (Phi) is 4.05. The van der Waals surface area contributed by atoms with Crippen molar-refractivity contribution in [3.8, 4) is 10.4 Å². The van der Waals surface area contributed by atoms with E-state index < -0.39 is 17.8 Å². The zero-order chi connectivity index (χ0) is 17.6. The van der Waals surface area contributed by atoms with Crippen molar-refractivity contribution in [2.75, 3.05) is 5.32 Å². The topological polar surface area (TPSA) is 88.5 Å². The largest absolute Gasteiger partial charge is 0.481 e. The van der Waals surface area contributed by atoms with E-state index in [1.54, 1.807) is 0 Å². The van der Waals surface area contributed by atoms with Crippen LogP contribution in [0.2, 0.25) is 0 Å². The number of rotatable bonds is 4. The summed E-state index contributed by atoms with van der Waals surface area (Å²) in [5.74, 6) is -2.70. The molecule has 2 N–H and O–H groups in total. The van der Waals surface area contributed by atoms with Crippen LogP contribution in [0.4, 0.5) is 5.13 Å². The highest BCUT2D eigenvalue weighted by Crippen LogP contribution is 2.44. The lowest BCUT2D eigenvalue weighted by atomic mass is 9.79. The van der Waals surface area contributed by atoms with Crippen molar-refractivity contribution in [1.82, 2.24) is 4.98 Å². The van der Waals surface area contributed by atoms with Crippen LogP contribution in [0.1, 0.15) is 18.5 Å². The molecule has 2 aliphatic heterocycles. The van der Waals surface area contributed by atoms with E-state index in [-0.39, 0.29) is 18.1 Å². The molecule has 4 atom stereocenters. The fraction of sp³-hybridized carbons (Fsp3) is 0.389. The monoisotopic (exact) mass is 358 g/mol. The number of aryl methyl sites for hydroxylation is 1. The van der Waals surface area contributed by atoms with Crippen LogP contribution in [0.5, 0.6) is 0 Å². The maximum Gasteiger partial charge on any atom is 0.310 e. The number of thiazole rings is 1. The van der Waals surface area contributed by atoms with Crippen molar-refractivity contribution in [3.05, 3.63) is 36.0 Å². The number of aromatic nitrogens is 1. The van der Waals surface area contributed by atoms with E-state index in [1.165, 1.54) is 11.3 Å². The minimum Gasteiger partial charge on any atom is -0.481 e. The zero-order valence-corrected chi connectivity index (χ0v) is 14.5. The molecule has 1 aromatic carbocycles. The molecular formula is C18H18N2O4S. The number of amides is 1. The Morgan fingerprint density at radius 2 is 1.88 bits per heavy atom. The average Bonchev–Trinajstić information content (AvgIpc) is 3.29. The van der Waals surface area contributed by atoms with Gasteiger partial charge in [-0.05, 0) is 25.3 Å². The highest BCUT2D eigenvalue weighted by atomic mass is 32.1. The third-order valence-electron chi connectivity index (χ3n) is 4.92. The molecular weight excluding hydrogens is 340 g/mol. The van der Waals surface area contributed by atoms with Crippen LogP contribution in [0.3, 0.4) is 0 Å². The van der Waals surface area contributed by atoms with Gasteiger partial charge in [0.15, 0.2) is 5.13 Å². The first-order valence-corrected chi connectivity index (χ1v) is 9.08. The number of carboxylic acids is 1. The summed E-state index contributed by atoms with van der Waals surface area (Å²) in [4.78, 5) is 29.6. The molecule has 1 aromatic heterocycles. The number of ether oxygens (including phenoxy) is 1. The predicted octanol–water partition coefficient (Wildman–Crippen LogP) is 2.94. The Balaban J connectivity index is 1.55. The van der Waals surface area contributed by atoms with Crippen molar-refractivity contribution in [2.24, 2.45) is 11.8 Å². The molecule has 2 bridgehead atoms. The Morgan fingerprint density at radius 3 is 2.56 bits per heavy atom. The van der Waals surface area contributed by atoms with E-state index in [2.05, 4.69) is 10.3 Å². The molecule has 0 saturated carbocycles. The Bertz CT molecular complexity index is 820. The molecule has 0 spiro atoms. The first kappa shape index (κ1) is 16.2. The number of anilines is 1. The van der Waals surface area contributed by atoms with Gasteiger partial charge in [0, 0.05) is 0 Å². The molecule has 130 valence electrons. The highest BCUT2D eigenvalue weighted by Gasteiger charge is 2.55. The summed E-state index contributed by atoms with van der Waals surface area (Å²) in [6.45, 7) is 1.90. The third kappa shape index (κ3) is 2.83. The van der Waals surface area contributed by atoms with Gasteiger partial charge in [-0.15, -0.1) is 0 Å². The van der Waals surface area contributed by atoms with Crippen LogP contribution in [0.25, 0.3) is 10.4 Å². The lowest BCUT2D eigenvalue weighted by Crippen LogP contribution is -2.40. The first-order chi connectivity index (χ1) is 12.0. The van der Waals surface area contributed by atoms with E-state index in [0.717, 1.165) is 22.6 Å². The van der Waals surface area contributed by atoms with Crippen molar-refractivity contribution in [2.45, 2.75) is 32.0 Å². The normalized spacial score (nSPS) is 27.4. The highest BCUT2D eigenvalue weighted by molar-refractivity contribution is 7.19. The lowest BCUT2D eigenvalue weighted by molar-refractivity contribution is -0.147. The number of nitrogens with zero attached hydrogens (tertiary/aromatic N) is 1. The van der Waals surface area contributed by atoms with E-state index in [9.17, 15) is 14.7 Å². The summed E-state index contributed by atoms with van der Waals surface area (Å²) in [5, 5.41) is 12.7. The quantitative estimate of drug-likeness (QED) is 0.877. The second-order valence-corrected chi connectivity index (χ2v) is 7.47. The molecule has 2 aromatic rings. The second kappa shape index (κ2) is 6.24. The van der Waals surface area contributed by atoms with Crippen LogP contribution in [-0.4, -0.2) is 34.2 Å². The number of hydrogen-bond donors (Lipinski definition) is 2. The molecule has 0 aliphatic carbocycles. The summed E-state index contributed by atoms with van der Waals surface area (Å²) < 4.78 is 5.66. The van der Waals surface area contributed by atoms with Crippen LogP contribution in [0.15, 0.2) is 30.3 Å². The van der Waals surface area contributed by atoms with E-state index in [4.69, 9.17) is 4.74 Å². The van der Waals surface area contributed by atoms with Crippen molar-refractivity contribution in [3.63, 3.8) is 0 Å². The SMILES string of the molecule is Cc1nc(NC(=O)[C@H]2[C@@H](C(=O)O)[C@@H]3CC[C@@H]2O3)sc1-c1ccccc1. The van der Waals surface area contributed by atoms with Crippen molar-refractivity contribution >= 4 is 28.3 Å². The second-order valence-electron chi connectivity index (χ2n) is 6.47. The molecule has 2 fully saturated rings. The van der Waals surface area contributed by atoms with E-state index >= 15 is 0 Å². The molecule has 3 heterocycles. The molecule has 2 saturated heterocycles. The summed E-state index contributed by atoms with van der Waals surface area (Å²) in [5.41, 5.74) is 1.88. The van der Waals surface area contributed by atoms with Crippen molar-refractivity contribution in [1.29, 1.82) is 0 Å². The fourth-order valence-corrected chi connectivity index (χ4v) is 4.80. The van der Waals surface area contributed by atoms with Gasteiger partial charge in [0.1, 0.15) is 0 Å². The van der Waals surface area contributed by atoms with Gasteiger partial charge in [-0.2, -0.15) is 0 Å². The minimum absolute atomic E-state index is 0.305. The maximum atomic E-state index is 12.7. The Labute approximate surface area is 148 Å². The smallest absolute Gasteiger partial charge is 0.310 e. The summed E-state index contributed by atoms with van der Waals surface area (Å²) >= 11 is 1.40. The lowest BCUT2D eigenvalue weighted by Gasteiger charge is -2.23. The first-order valence-electron chi connectivity index (χ1n) is 8.26. The Hall–Kier alpha value is -2.25. The molecule has 6 nitrogen and oxygen atoms in total. The molecule has 4 rings (SSSR count). The maximum absolute atomic E-state index is 12.7. The Morgan fingerprint density at radius 1 is 1.20 bits per heavy atom. The zero-order valence-electron chi connectivity index (χ0n) is 13.6. The van der Waals surface area contributed by atoms with E-state index in [0.29, 0.717) is 11.6 Å². The van der Waals surface area contributed by atoms with Gasteiger partial charge in [-0.25, -0.2) is 4.98 Å². The average molecular weight is 358 g/mol. The number of carboxylic acid groups (broad SMARTS) is 1. The summed E-state index contributed by atoms with van der Waals surface area (Å²) in [7, 11) is 0. The van der Waals surface area contributed by atoms with Crippen molar-refractivity contribution < 1.29 is 19.4 Å². The van der Waals surface area contributed by atoms with Gasteiger partial charge in [-0.1, -0.05) is 41.7 Å². The van der Waals surface area contributed by atoms with Crippen LogP contribution >= 0.6 is 11.3 Å². The third-order valence-corrected chi connectivity index (χ3v) is 6.05. The molecule has 2 aliphatic rings. The molecule has 0 radical (unpaired) electrons.